The molecule has 1 aromatic rings. The Labute approximate surface area is 192 Å². The number of piperazine rings is 1. The van der Waals surface area contributed by atoms with Crippen molar-refractivity contribution in [2.24, 2.45) is 0 Å². The van der Waals surface area contributed by atoms with Gasteiger partial charge in [-0.15, -0.1) is 0 Å². The molecule has 2 aliphatic rings. The van der Waals surface area contributed by atoms with Gasteiger partial charge >= 0.3 is 12.1 Å². The molecule has 0 radical (unpaired) electrons. The van der Waals surface area contributed by atoms with Gasteiger partial charge in [-0.05, 0) is 45.4 Å². The van der Waals surface area contributed by atoms with E-state index >= 15 is 0 Å². The van der Waals surface area contributed by atoms with Gasteiger partial charge in [0.1, 0.15) is 0 Å². The van der Waals surface area contributed by atoms with Crippen LogP contribution in [0.3, 0.4) is 0 Å². The number of alkyl halides is 3. The van der Waals surface area contributed by atoms with Crippen molar-refractivity contribution in [2.45, 2.75) is 51.7 Å². The summed E-state index contributed by atoms with van der Waals surface area (Å²) in [6.07, 6.45) is -2.38. The molecule has 0 unspecified atom stereocenters. The molecule has 3 rings (SSSR count). The van der Waals surface area contributed by atoms with E-state index in [-0.39, 0.29) is 11.7 Å². The molecule has 7 nitrogen and oxygen atoms in total. The molecule has 0 aromatic heterocycles. The zero-order chi connectivity index (χ0) is 24.6. The normalized spacial score (nSPS) is 17.9. The maximum Gasteiger partial charge on any atom is 0.490 e. The summed E-state index contributed by atoms with van der Waals surface area (Å²) >= 11 is 0. The number of fused-ring (bicyclic) bond motifs is 1. The van der Waals surface area contributed by atoms with Crippen molar-refractivity contribution in [1.82, 2.24) is 9.80 Å². The summed E-state index contributed by atoms with van der Waals surface area (Å²) in [5.74, 6) is -2.60. The second-order valence-electron chi connectivity index (χ2n) is 8.47. The number of unbranched alkanes of at least 4 members (excludes halogenated alkanes) is 1. The first-order valence-corrected chi connectivity index (χ1v) is 11.2. The molecule has 1 N–H and O–H groups in total. The lowest BCUT2D eigenvalue weighted by molar-refractivity contribution is -0.192. The number of aliphatic carboxylic acids is 1. The van der Waals surface area contributed by atoms with Crippen LogP contribution in [0.4, 0.5) is 18.9 Å². The van der Waals surface area contributed by atoms with Crippen LogP contribution in [0.25, 0.3) is 0 Å². The second-order valence-corrected chi connectivity index (χ2v) is 8.47. The molecule has 1 aromatic carbocycles. The minimum absolute atomic E-state index is 0.0776. The van der Waals surface area contributed by atoms with Crippen LogP contribution < -0.4 is 4.90 Å². The molecule has 33 heavy (non-hydrogen) atoms. The van der Waals surface area contributed by atoms with Crippen LogP contribution in [0.2, 0.25) is 0 Å². The minimum atomic E-state index is -5.08. The molecule has 0 spiro atoms. The molecule has 1 amide bonds. The fourth-order valence-corrected chi connectivity index (χ4v) is 3.92. The molecule has 184 valence electrons. The highest BCUT2D eigenvalue weighted by Gasteiger charge is 2.38. The number of nitrogens with zero attached hydrogens (tertiary/aromatic N) is 3. The fourth-order valence-electron chi connectivity index (χ4n) is 3.92. The van der Waals surface area contributed by atoms with Crippen molar-refractivity contribution in [2.75, 3.05) is 44.2 Å². The number of amides is 1. The number of carbonyl (C=O) groups excluding carboxylic acids is 2. The minimum Gasteiger partial charge on any atom is -0.475 e. The summed E-state index contributed by atoms with van der Waals surface area (Å²) < 4.78 is 31.7. The van der Waals surface area contributed by atoms with E-state index in [9.17, 15) is 22.8 Å². The molecule has 2 aliphatic heterocycles. The topological polar surface area (TPSA) is 81.2 Å². The van der Waals surface area contributed by atoms with Crippen LogP contribution in [0.5, 0.6) is 0 Å². The summed E-state index contributed by atoms with van der Waals surface area (Å²) in [6, 6.07) is 8.17. The number of benzene rings is 1. The van der Waals surface area contributed by atoms with Gasteiger partial charge in [0.05, 0.1) is 5.69 Å². The van der Waals surface area contributed by atoms with Crippen LogP contribution in [0.15, 0.2) is 24.3 Å². The highest BCUT2D eigenvalue weighted by Crippen LogP contribution is 2.27. The van der Waals surface area contributed by atoms with E-state index in [0.717, 1.165) is 51.3 Å². The van der Waals surface area contributed by atoms with Crippen LogP contribution in [0.1, 0.15) is 49.9 Å². The van der Waals surface area contributed by atoms with E-state index in [4.69, 9.17) is 9.90 Å². The fraction of sp³-hybridized carbons (Fsp3) is 0.609. The third-order valence-corrected chi connectivity index (χ3v) is 5.85. The number of halogens is 3. The first-order valence-electron chi connectivity index (χ1n) is 11.2. The van der Waals surface area contributed by atoms with Crippen molar-refractivity contribution in [3.8, 4) is 0 Å². The molecule has 10 heteroatoms. The number of hydrogen-bond acceptors (Lipinski definition) is 5. The summed E-state index contributed by atoms with van der Waals surface area (Å²) in [4.78, 5) is 40.5. The third-order valence-electron chi connectivity index (χ3n) is 5.85. The quantitative estimate of drug-likeness (QED) is 0.641. The van der Waals surface area contributed by atoms with E-state index < -0.39 is 12.1 Å². The maximum absolute atomic E-state index is 12.5. The smallest absolute Gasteiger partial charge is 0.475 e. The standard InChI is InChI=1S/C21H31N3O2.C2HF3O2/c1-17(2)23-15-13-22(14-16-23)11-5-6-12-24-19-8-4-3-7-18(19)20(25)9-10-21(24)26;3-2(4,5)1(6)7/h3-4,7-8,17H,5-6,9-16H2,1-2H3;(H,6,7). The van der Waals surface area contributed by atoms with Gasteiger partial charge in [0.25, 0.3) is 0 Å². The van der Waals surface area contributed by atoms with Gasteiger partial charge in [0.15, 0.2) is 5.78 Å². The zero-order valence-electron chi connectivity index (χ0n) is 19.1. The Kier molecular flexibility index (Phi) is 9.85. The monoisotopic (exact) mass is 471 g/mol. The van der Waals surface area contributed by atoms with Gasteiger partial charge < -0.3 is 14.9 Å². The molecule has 1 fully saturated rings. The highest BCUT2D eigenvalue weighted by atomic mass is 19.4. The predicted octanol–water partition coefficient (Wildman–Crippen LogP) is 3.44. The molecule has 2 heterocycles. The van der Waals surface area contributed by atoms with E-state index in [1.807, 2.05) is 29.2 Å². The van der Waals surface area contributed by atoms with E-state index in [1.54, 1.807) is 0 Å². The molecular weight excluding hydrogens is 439 g/mol. The van der Waals surface area contributed by atoms with Crippen LogP contribution in [-0.4, -0.2) is 84.1 Å². The van der Waals surface area contributed by atoms with Gasteiger partial charge in [-0.1, -0.05) is 12.1 Å². The number of para-hydroxylation sites is 1. The number of rotatable bonds is 6. The van der Waals surface area contributed by atoms with Crippen molar-refractivity contribution in [3.05, 3.63) is 29.8 Å². The second kappa shape index (κ2) is 12.1. The van der Waals surface area contributed by atoms with Crippen molar-refractivity contribution >= 4 is 23.3 Å². The van der Waals surface area contributed by atoms with Crippen LogP contribution in [-0.2, 0) is 9.59 Å². The molecular formula is C23H32F3N3O4. The van der Waals surface area contributed by atoms with Crippen molar-refractivity contribution < 1.29 is 32.7 Å². The number of Topliss-reactive ketones (excluding diaryl/α,β-unsaturated/α-hetero) is 1. The number of hydrogen-bond donors (Lipinski definition) is 1. The largest absolute Gasteiger partial charge is 0.490 e. The number of anilines is 1. The van der Waals surface area contributed by atoms with Gasteiger partial charge in [0.2, 0.25) is 5.91 Å². The Balaban J connectivity index is 0.000000479. The molecule has 1 saturated heterocycles. The average Bonchev–Trinajstić information content (AvgIpc) is 2.88. The van der Waals surface area contributed by atoms with Gasteiger partial charge in [-0.2, -0.15) is 13.2 Å². The average molecular weight is 472 g/mol. The number of carboxylic acids is 1. The Hall–Kier alpha value is -2.46. The molecule has 0 atom stereocenters. The van der Waals surface area contributed by atoms with E-state index in [1.165, 1.54) is 0 Å². The van der Waals surface area contributed by atoms with Gasteiger partial charge in [-0.25, -0.2) is 4.79 Å². The van der Waals surface area contributed by atoms with Crippen LogP contribution >= 0.6 is 0 Å². The SMILES string of the molecule is CC(C)N1CCN(CCCCN2C(=O)CCC(=O)c3ccccc32)CC1.O=C(O)C(F)(F)F. The van der Waals surface area contributed by atoms with E-state index in [2.05, 4.69) is 23.6 Å². The summed E-state index contributed by atoms with van der Waals surface area (Å²) in [5, 5.41) is 7.12. The van der Waals surface area contributed by atoms with Crippen molar-refractivity contribution in [3.63, 3.8) is 0 Å². The number of ketones is 1. The maximum atomic E-state index is 12.5. The Morgan fingerprint density at radius 2 is 1.58 bits per heavy atom. The Morgan fingerprint density at radius 3 is 2.15 bits per heavy atom. The Morgan fingerprint density at radius 1 is 1.00 bits per heavy atom. The van der Waals surface area contributed by atoms with Gasteiger partial charge in [-0.3, -0.25) is 14.5 Å². The predicted molar refractivity (Wildman–Crippen MR) is 118 cm³/mol. The molecule has 0 aliphatic carbocycles. The molecule has 0 bridgehead atoms. The first kappa shape index (κ1) is 26.8. The zero-order valence-corrected chi connectivity index (χ0v) is 19.1. The lowest BCUT2D eigenvalue weighted by Gasteiger charge is -2.37. The third kappa shape index (κ3) is 8.12. The highest BCUT2D eigenvalue weighted by molar-refractivity contribution is 6.10. The first-order chi connectivity index (χ1) is 15.5. The number of carboxylic acid groups (broad SMARTS) is 1. The summed E-state index contributed by atoms with van der Waals surface area (Å²) in [6.45, 7) is 10.9. The summed E-state index contributed by atoms with van der Waals surface area (Å²) in [5.41, 5.74) is 1.49. The number of carbonyl (C=O) groups is 3. The lowest BCUT2D eigenvalue weighted by Crippen LogP contribution is -2.49. The summed E-state index contributed by atoms with van der Waals surface area (Å²) in [7, 11) is 0. The lowest BCUT2D eigenvalue weighted by atomic mass is 10.1. The van der Waals surface area contributed by atoms with Gasteiger partial charge in [0, 0.05) is 57.2 Å². The molecule has 0 saturated carbocycles. The van der Waals surface area contributed by atoms with E-state index in [0.29, 0.717) is 31.0 Å². The van der Waals surface area contributed by atoms with Crippen molar-refractivity contribution in [1.29, 1.82) is 0 Å². The Bertz CT molecular complexity index is 821. The van der Waals surface area contributed by atoms with Crippen LogP contribution in [0, 0.1) is 0 Å².